The fourth-order valence-corrected chi connectivity index (χ4v) is 10.8. The number of rotatable bonds is 20. The quantitative estimate of drug-likeness (QED) is 0.0738. The van der Waals surface area contributed by atoms with E-state index in [9.17, 15) is 0 Å². The number of benzene rings is 6. The third-order valence-corrected chi connectivity index (χ3v) is 15.2. The molecule has 4 saturated heterocycles. The molecule has 4 aliphatic heterocycles. The van der Waals surface area contributed by atoms with Gasteiger partial charge in [-0.05, 0) is 227 Å². The van der Waals surface area contributed by atoms with E-state index in [0.717, 1.165) is 155 Å². The summed E-state index contributed by atoms with van der Waals surface area (Å²) in [5, 5.41) is 0. The van der Waals surface area contributed by atoms with Crippen LogP contribution in [0.25, 0.3) is 0 Å². The van der Waals surface area contributed by atoms with Crippen molar-refractivity contribution in [3.05, 3.63) is 177 Å². The van der Waals surface area contributed by atoms with Crippen LogP contribution in [0.15, 0.2) is 121 Å². The normalized spacial score (nSPS) is 20.2. The first-order valence-corrected chi connectivity index (χ1v) is 27.9. The second kappa shape index (κ2) is 26.1. The summed E-state index contributed by atoms with van der Waals surface area (Å²) in [5.41, 5.74) is 18.5. The van der Waals surface area contributed by atoms with E-state index in [1.54, 1.807) is 0 Å². The number of anilines is 6. The molecule has 4 heterocycles. The van der Waals surface area contributed by atoms with Crippen LogP contribution in [0, 0.1) is 27.7 Å². The topological polar surface area (TPSA) is 80.3 Å². The molecule has 0 amide bonds. The summed E-state index contributed by atoms with van der Waals surface area (Å²) in [6.45, 7) is 14.0. The minimum atomic E-state index is -0.129. The summed E-state index contributed by atoms with van der Waals surface area (Å²) < 4.78 is 48.3. The Bertz CT molecular complexity index is 2570. The van der Waals surface area contributed by atoms with Crippen LogP contribution in [0.5, 0.6) is 0 Å². The van der Waals surface area contributed by atoms with Crippen LogP contribution in [0.4, 0.5) is 34.1 Å². The summed E-state index contributed by atoms with van der Waals surface area (Å²) in [5.74, 6) is 0. The summed E-state index contributed by atoms with van der Waals surface area (Å²) in [4.78, 5) is 4.75. The molecule has 0 N–H and O–H groups in total. The van der Waals surface area contributed by atoms with Gasteiger partial charge in [0.2, 0.25) is 0 Å². The number of ether oxygens (including phenoxy) is 8. The van der Waals surface area contributed by atoms with E-state index in [4.69, 9.17) is 37.9 Å². The van der Waals surface area contributed by atoms with Crippen LogP contribution >= 0.6 is 0 Å². The molecule has 0 saturated carbocycles. The van der Waals surface area contributed by atoms with Crippen LogP contribution in [0.1, 0.15) is 133 Å². The van der Waals surface area contributed by atoms with Crippen LogP contribution in [0.3, 0.4) is 0 Å². The molecule has 4 atom stereocenters. The molecule has 10 heteroatoms. The van der Waals surface area contributed by atoms with E-state index >= 15 is 0 Å². The molecule has 0 spiro atoms. The van der Waals surface area contributed by atoms with Gasteiger partial charge in [0, 0.05) is 60.6 Å². The molecule has 4 unspecified atom stereocenters. The Balaban J connectivity index is 0.889. The van der Waals surface area contributed by atoms with Gasteiger partial charge in [-0.25, -0.2) is 0 Å². The highest BCUT2D eigenvalue weighted by Crippen LogP contribution is 2.41. The number of nitrogens with zero attached hydrogens (tertiary/aromatic N) is 2. The van der Waals surface area contributed by atoms with E-state index in [-0.39, 0.29) is 25.2 Å². The maximum atomic E-state index is 6.23. The lowest BCUT2D eigenvalue weighted by molar-refractivity contribution is -0.169. The molecular formula is C65H78N2O8. The van der Waals surface area contributed by atoms with E-state index < -0.39 is 0 Å². The molecule has 4 fully saturated rings. The molecule has 6 aromatic carbocycles. The second-order valence-corrected chi connectivity index (χ2v) is 21.1. The van der Waals surface area contributed by atoms with E-state index in [0.29, 0.717) is 26.4 Å². The Morgan fingerprint density at radius 2 is 0.680 bits per heavy atom. The van der Waals surface area contributed by atoms with E-state index in [1.807, 2.05) is 0 Å². The standard InChI is InChI=1S/C65H78N2O8/c1-46-39-58(29-23-54(46)44-74-64-15-7-11-35-70-64)66(56-25-17-50(18-26-56)42-72-62-13-5-9-33-68-62)60-31-21-52(37-48(60)3)41-53-22-32-61(49(4)38-53)67(57-27-19-51(20-28-57)43-73-63-14-6-10-34-69-63)59-30-24-55(47(2)40-59)45-75-65-16-8-12-36-71-65/h17-32,37-40,62-65H,5-16,33-36,41-45H2,1-4H3. The van der Waals surface area contributed by atoms with E-state index in [1.165, 1.54) is 44.5 Å². The van der Waals surface area contributed by atoms with Gasteiger partial charge in [-0.1, -0.05) is 60.7 Å². The monoisotopic (exact) mass is 1010 g/mol. The highest BCUT2D eigenvalue weighted by atomic mass is 16.7. The van der Waals surface area contributed by atoms with Crippen molar-refractivity contribution in [3.63, 3.8) is 0 Å². The Morgan fingerprint density at radius 1 is 0.347 bits per heavy atom. The van der Waals surface area contributed by atoms with Gasteiger partial charge in [0.1, 0.15) is 0 Å². The Hall–Kier alpha value is -5.40. The highest BCUT2D eigenvalue weighted by molar-refractivity contribution is 5.80. The Labute approximate surface area is 446 Å². The smallest absolute Gasteiger partial charge is 0.158 e. The molecule has 75 heavy (non-hydrogen) atoms. The zero-order valence-electron chi connectivity index (χ0n) is 44.9. The number of aryl methyl sites for hydroxylation is 4. The van der Waals surface area contributed by atoms with Crippen molar-refractivity contribution in [2.75, 3.05) is 36.2 Å². The predicted molar refractivity (Wildman–Crippen MR) is 298 cm³/mol. The van der Waals surface area contributed by atoms with Crippen molar-refractivity contribution >= 4 is 34.1 Å². The SMILES string of the molecule is Cc1cc(N(c2ccc(COC3CCCCO3)cc2)c2ccc(Cc3ccc(N(c4ccc(COC5CCCCO5)cc4)c4ccc(COC5CCCCO5)c(C)c4)c(C)c3)cc2C)ccc1COC1CCCCO1. The average molecular weight is 1020 g/mol. The number of hydrogen-bond donors (Lipinski definition) is 0. The first kappa shape index (κ1) is 53.0. The average Bonchev–Trinajstić information content (AvgIpc) is 3.44. The summed E-state index contributed by atoms with van der Waals surface area (Å²) in [6.07, 6.45) is 13.1. The third kappa shape index (κ3) is 14.2. The van der Waals surface area contributed by atoms with Crippen molar-refractivity contribution in [1.82, 2.24) is 0 Å². The van der Waals surface area contributed by atoms with Crippen molar-refractivity contribution in [2.45, 2.75) is 163 Å². The summed E-state index contributed by atoms with van der Waals surface area (Å²) in [7, 11) is 0. The van der Waals surface area contributed by atoms with Crippen LogP contribution in [-0.4, -0.2) is 51.6 Å². The van der Waals surface area contributed by atoms with Crippen molar-refractivity contribution in [2.24, 2.45) is 0 Å². The lowest BCUT2D eigenvalue weighted by Crippen LogP contribution is -2.22. The van der Waals surface area contributed by atoms with Gasteiger partial charge in [-0.15, -0.1) is 0 Å². The molecule has 396 valence electrons. The first-order chi connectivity index (χ1) is 36.8. The second-order valence-electron chi connectivity index (χ2n) is 21.1. The van der Waals surface area contributed by atoms with Gasteiger partial charge in [-0.3, -0.25) is 0 Å². The largest absolute Gasteiger partial charge is 0.353 e. The molecule has 0 aliphatic carbocycles. The highest BCUT2D eigenvalue weighted by Gasteiger charge is 2.22. The fraction of sp³-hybridized carbons (Fsp3) is 0.446. The van der Waals surface area contributed by atoms with E-state index in [2.05, 4.69) is 159 Å². The number of hydrogen-bond acceptors (Lipinski definition) is 10. The van der Waals surface area contributed by atoms with Crippen molar-refractivity contribution in [1.29, 1.82) is 0 Å². The molecule has 0 bridgehead atoms. The summed E-state index contributed by atoms with van der Waals surface area (Å²) >= 11 is 0. The van der Waals surface area contributed by atoms with Gasteiger partial charge in [0.25, 0.3) is 0 Å². The lowest BCUT2D eigenvalue weighted by Gasteiger charge is -2.29. The third-order valence-electron chi connectivity index (χ3n) is 15.2. The predicted octanol–water partition coefficient (Wildman–Crippen LogP) is 15.6. The molecule has 10 rings (SSSR count). The van der Waals surface area contributed by atoms with Gasteiger partial charge < -0.3 is 47.7 Å². The zero-order valence-corrected chi connectivity index (χ0v) is 44.9. The van der Waals surface area contributed by atoms with Gasteiger partial charge >= 0.3 is 0 Å². The fourth-order valence-electron chi connectivity index (χ4n) is 10.8. The maximum absolute atomic E-state index is 6.23. The maximum Gasteiger partial charge on any atom is 0.158 e. The molecule has 0 radical (unpaired) electrons. The van der Waals surface area contributed by atoms with Gasteiger partial charge in [0.15, 0.2) is 25.2 Å². The molecule has 4 aliphatic rings. The van der Waals surface area contributed by atoms with Gasteiger partial charge in [0.05, 0.1) is 26.4 Å². The Morgan fingerprint density at radius 3 is 1.00 bits per heavy atom. The summed E-state index contributed by atoms with van der Waals surface area (Å²) in [6, 6.07) is 44.8. The molecule has 0 aromatic heterocycles. The molecular weight excluding hydrogens is 937 g/mol. The van der Waals surface area contributed by atoms with Crippen LogP contribution < -0.4 is 9.80 Å². The van der Waals surface area contributed by atoms with Crippen molar-refractivity contribution < 1.29 is 37.9 Å². The van der Waals surface area contributed by atoms with Gasteiger partial charge in [-0.2, -0.15) is 0 Å². The van der Waals surface area contributed by atoms with Crippen LogP contribution in [0.2, 0.25) is 0 Å². The van der Waals surface area contributed by atoms with Crippen LogP contribution in [-0.2, 0) is 70.7 Å². The Kier molecular flexibility index (Phi) is 18.4. The molecule has 10 nitrogen and oxygen atoms in total. The zero-order chi connectivity index (χ0) is 51.3. The van der Waals surface area contributed by atoms with Crippen molar-refractivity contribution in [3.8, 4) is 0 Å². The molecule has 6 aromatic rings. The minimum absolute atomic E-state index is 0.125. The first-order valence-electron chi connectivity index (χ1n) is 27.9. The lowest BCUT2D eigenvalue weighted by atomic mass is 9.98. The minimum Gasteiger partial charge on any atom is -0.353 e.